The molecule has 3 N–H and O–H groups in total. The third-order valence-corrected chi connectivity index (χ3v) is 4.74. The molecule has 0 heterocycles. The molecule has 0 aliphatic heterocycles. The first kappa shape index (κ1) is 24.5. The largest absolute Gasteiger partial charge is 0.357 e. The quantitative estimate of drug-likeness (QED) is 0.376. The third kappa shape index (κ3) is 7.84. The predicted molar refractivity (Wildman–Crippen MR) is 120 cm³/mol. The lowest BCUT2D eigenvalue weighted by Crippen LogP contribution is -2.54. The summed E-state index contributed by atoms with van der Waals surface area (Å²) in [5.41, 5.74) is 2.20. The molecule has 0 radical (unpaired) electrons. The average molecular weight is 408 g/mol. The van der Waals surface area contributed by atoms with Gasteiger partial charge < -0.3 is 10.6 Å². The van der Waals surface area contributed by atoms with Gasteiger partial charge in [0.25, 0.3) is 0 Å². The number of hydrogen-bond acceptors (Lipinski definition) is 4. The van der Waals surface area contributed by atoms with Gasteiger partial charge in [0.1, 0.15) is 6.04 Å². The van der Waals surface area contributed by atoms with E-state index in [9.17, 15) is 9.59 Å². The van der Waals surface area contributed by atoms with E-state index < -0.39 is 12.1 Å². The van der Waals surface area contributed by atoms with E-state index in [1.807, 2.05) is 25.1 Å². The second-order valence-corrected chi connectivity index (χ2v) is 9.59. The third-order valence-electron chi connectivity index (χ3n) is 4.59. The van der Waals surface area contributed by atoms with E-state index in [0.717, 1.165) is 5.56 Å². The second kappa shape index (κ2) is 10.9. The van der Waals surface area contributed by atoms with Crippen molar-refractivity contribution in [1.29, 1.82) is 0 Å². The summed E-state index contributed by atoms with van der Waals surface area (Å²) in [6, 6.07) is 7.07. The maximum absolute atomic E-state index is 12.9. The summed E-state index contributed by atoms with van der Waals surface area (Å²) < 4.78 is 0. The molecular formula is C22H37N3O2S. The zero-order valence-corrected chi connectivity index (χ0v) is 19.2. The van der Waals surface area contributed by atoms with E-state index in [0.29, 0.717) is 18.8 Å². The Morgan fingerprint density at radius 2 is 1.64 bits per heavy atom. The van der Waals surface area contributed by atoms with Crippen LogP contribution >= 0.6 is 12.6 Å². The molecule has 0 saturated carbocycles. The molecular weight excluding hydrogens is 370 g/mol. The topological polar surface area (TPSA) is 70.2 Å². The number of carbonyl (C=O) groups excluding carboxylic acids is 2. The van der Waals surface area contributed by atoms with Gasteiger partial charge in [-0.05, 0) is 35.8 Å². The van der Waals surface area contributed by atoms with Crippen molar-refractivity contribution < 1.29 is 9.59 Å². The Labute approximate surface area is 175 Å². The van der Waals surface area contributed by atoms with Crippen molar-refractivity contribution in [2.45, 2.75) is 77.3 Å². The van der Waals surface area contributed by atoms with Gasteiger partial charge in [-0.25, -0.2) is 0 Å². The highest BCUT2D eigenvalue weighted by molar-refractivity contribution is 7.80. The van der Waals surface area contributed by atoms with Gasteiger partial charge in [-0.15, -0.1) is 0 Å². The minimum atomic E-state index is -0.632. The number of benzene rings is 1. The molecule has 5 nitrogen and oxygen atoms in total. The van der Waals surface area contributed by atoms with Crippen LogP contribution in [-0.2, 0) is 21.4 Å². The average Bonchev–Trinajstić information content (AvgIpc) is 2.58. The molecule has 0 spiro atoms. The molecule has 2 amide bonds. The summed E-state index contributed by atoms with van der Waals surface area (Å²) in [5.74, 6) is -0.0221. The zero-order valence-electron chi connectivity index (χ0n) is 18.3. The molecule has 0 saturated heterocycles. The molecule has 158 valence electrons. The lowest BCUT2D eigenvalue weighted by Gasteiger charge is -2.27. The maximum Gasteiger partial charge on any atom is 0.242 e. The summed E-state index contributed by atoms with van der Waals surface area (Å²) in [7, 11) is 1.59. The highest BCUT2D eigenvalue weighted by Crippen LogP contribution is 2.26. The molecule has 28 heavy (non-hydrogen) atoms. The standard InChI is InChI=1S/C22H37N3O2S/c1-14(2)12-18(24-15(3)28)21(27)25-19(20(26)23-7)13-16-10-8-9-11-17(16)22(4,5)6/h8-11,14-15,18-19,24,28H,12-13H2,1-7H3,(H,23,26)(H,25,27)/t15?,18-,19-/m0/s1. The van der Waals surface area contributed by atoms with Gasteiger partial charge in [0.05, 0.1) is 6.04 Å². The molecule has 0 bridgehead atoms. The smallest absolute Gasteiger partial charge is 0.242 e. The Morgan fingerprint density at radius 3 is 2.14 bits per heavy atom. The van der Waals surface area contributed by atoms with Gasteiger partial charge in [0.15, 0.2) is 0 Å². The van der Waals surface area contributed by atoms with Crippen LogP contribution in [0.5, 0.6) is 0 Å². The predicted octanol–water partition coefficient (Wildman–Crippen LogP) is 3.04. The van der Waals surface area contributed by atoms with E-state index >= 15 is 0 Å². The van der Waals surface area contributed by atoms with Crippen LogP contribution in [0.1, 0.15) is 59.1 Å². The van der Waals surface area contributed by atoms with Crippen LogP contribution in [-0.4, -0.2) is 36.3 Å². The molecule has 1 aromatic rings. The summed E-state index contributed by atoms with van der Waals surface area (Å²) in [6.45, 7) is 12.5. The van der Waals surface area contributed by atoms with Crippen molar-refractivity contribution in [2.24, 2.45) is 5.92 Å². The lowest BCUT2D eigenvalue weighted by atomic mass is 9.82. The van der Waals surface area contributed by atoms with Crippen LogP contribution in [0.25, 0.3) is 0 Å². The number of amides is 2. The SMILES string of the molecule is CNC(=O)[C@H](Cc1ccccc1C(C)(C)C)NC(=O)[C@H](CC(C)C)NC(C)S. The Morgan fingerprint density at radius 1 is 1.04 bits per heavy atom. The fourth-order valence-corrected chi connectivity index (χ4v) is 3.50. The van der Waals surface area contributed by atoms with Crippen molar-refractivity contribution >= 4 is 24.4 Å². The number of hydrogen-bond donors (Lipinski definition) is 4. The van der Waals surface area contributed by atoms with Crippen LogP contribution in [0.15, 0.2) is 24.3 Å². The first-order valence-corrected chi connectivity index (χ1v) is 10.5. The van der Waals surface area contributed by atoms with E-state index in [1.165, 1.54) is 5.56 Å². The summed E-state index contributed by atoms with van der Waals surface area (Å²) in [6.07, 6.45) is 1.12. The van der Waals surface area contributed by atoms with Crippen LogP contribution in [0.3, 0.4) is 0 Å². The Hall–Kier alpha value is -1.53. The molecule has 0 aliphatic rings. The highest BCUT2D eigenvalue weighted by atomic mass is 32.1. The Bertz CT molecular complexity index is 643. The van der Waals surface area contributed by atoms with Crippen LogP contribution in [0, 0.1) is 5.92 Å². The highest BCUT2D eigenvalue weighted by Gasteiger charge is 2.28. The number of carbonyl (C=O) groups is 2. The fraction of sp³-hybridized carbons (Fsp3) is 0.636. The molecule has 0 fully saturated rings. The van der Waals surface area contributed by atoms with Crippen LogP contribution in [0.4, 0.5) is 0 Å². The summed E-state index contributed by atoms with van der Waals surface area (Å²) in [5, 5.41) is 8.72. The van der Waals surface area contributed by atoms with E-state index in [-0.39, 0.29) is 22.6 Å². The van der Waals surface area contributed by atoms with Crippen molar-refractivity contribution in [2.75, 3.05) is 7.05 Å². The van der Waals surface area contributed by atoms with E-state index in [2.05, 4.69) is 69.3 Å². The monoisotopic (exact) mass is 407 g/mol. The van der Waals surface area contributed by atoms with Gasteiger partial charge >= 0.3 is 0 Å². The molecule has 3 atom stereocenters. The van der Waals surface area contributed by atoms with Gasteiger partial charge in [0, 0.05) is 18.8 Å². The normalized spacial score (nSPS) is 15.0. The summed E-state index contributed by atoms with van der Waals surface area (Å²) >= 11 is 4.36. The molecule has 6 heteroatoms. The minimum Gasteiger partial charge on any atom is -0.357 e. The Kier molecular flexibility index (Phi) is 9.51. The van der Waals surface area contributed by atoms with Crippen LogP contribution < -0.4 is 16.0 Å². The molecule has 1 unspecified atom stereocenters. The molecule has 0 aliphatic carbocycles. The number of thiol groups is 1. The van der Waals surface area contributed by atoms with Crippen molar-refractivity contribution in [3.8, 4) is 0 Å². The van der Waals surface area contributed by atoms with Gasteiger partial charge in [-0.2, -0.15) is 12.6 Å². The second-order valence-electron chi connectivity index (χ2n) is 8.81. The fourth-order valence-electron chi connectivity index (χ4n) is 3.32. The molecule has 0 aromatic heterocycles. The van der Waals surface area contributed by atoms with E-state index in [1.54, 1.807) is 7.05 Å². The zero-order chi connectivity index (χ0) is 21.5. The maximum atomic E-state index is 12.9. The van der Waals surface area contributed by atoms with Crippen molar-refractivity contribution in [1.82, 2.24) is 16.0 Å². The number of rotatable bonds is 9. The number of nitrogens with one attached hydrogen (secondary N) is 3. The van der Waals surface area contributed by atoms with Crippen LogP contribution in [0.2, 0.25) is 0 Å². The lowest BCUT2D eigenvalue weighted by molar-refractivity contribution is -0.130. The van der Waals surface area contributed by atoms with Gasteiger partial charge in [-0.3, -0.25) is 14.9 Å². The first-order valence-electron chi connectivity index (χ1n) is 10.00. The molecule has 1 rings (SSSR count). The van der Waals surface area contributed by atoms with E-state index in [4.69, 9.17) is 0 Å². The van der Waals surface area contributed by atoms with Gasteiger partial charge in [0.2, 0.25) is 11.8 Å². The first-order chi connectivity index (χ1) is 13.0. The minimum absolute atomic E-state index is 0.0446. The number of likely N-dealkylation sites (N-methyl/N-ethyl adjacent to an activating group) is 1. The summed E-state index contributed by atoms with van der Waals surface area (Å²) in [4.78, 5) is 25.4. The Balaban J connectivity index is 3.07. The van der Waals surface area contributed by atoms with Crippen molar-refractivity contribution in [3.63, 3.8) is 0 Å². The van der Waals surface area contributed by atoms with Crippen molar-refractivity contribution in [3.05, 3.63) is 35.4 Å². The van der Waals surface area contributed by atoms with Gasteiger partial charge in [-0.1, -0.05) is 58.9 Å². The molecule has 1 aromatic carbocycles.